The number of aryl methyl sites for hydroxylation is 1. The Kier molecular flexibility index (Phi) is 6.40. The molecule has 3 heterocycles. The van der Waals surface area contributed by atoms with E-state index < -0.39 is 0 Å². The van der Waals surface area contributed by atoms with E-state index >= 15 is 0 Å². The number of hydrogen-bond donors (Lipinski definition) is 1. The van der Waals surface area contributed by atoms with Crippen molar-refractivity contribution in [1.82, 2.24) is 19.5 Å². The van der Waals surface area contributed by atoms with E-state index in [0.717, 1.165) is 53.1 Å². The lowest BCUT2D eigenvalue weighted by molar-refractivity contribution is -0.149. The fourth-order valence-corrected chi connectivity index (χ4v) is 5.35. The number of aromatic nitrogens is 3. The van der Waals surface area contributed by atoms with E-state index in [2.05, 4.69) is 43.0 Å². The summed E-state index contributed by atoms with van der Waals surface area (Å²) in [7, 11) is 0. The van der Waals surface area contributed by atoms with Gasteiger partial charge in [-0.05, 0) is 50.6 Å². The first-order chi connectivity index (χ1) is 14.5. The number of benzene rings is 1. The van der Waals surface area contributed by atoms with Gasteiger partial charge in [0.1, 0.15) is 0 Å². The van der Waals surface area contributed by atoms with Crippen molar-refractivity contribution in [2.24, 2.45) is 5.92 Å². The number of ether oxygens (including phenoxy) is 1. The molecule has 1 saturated heterocycles. The van der Waals surface area contributed by atoms with E-state index in [1.807, 2.05) is 26.0 Å². The number of fused-ring (bicyclic) bond motifs is 1. The number of nitrogens with zero attached hydrogens (tertiary/aromatic N) is 4. The molecule has 7 nitrogen and oxygen atoms in total. The molecule has 0 spiro atoms. The van der Waals surface area contributed by atoms with Crippen molar-refractivity contribution in [3.05, 3.63) is 45.0 Å². The van der Waals surface area contributed by atoms with Gasteiger partial charge in [0.15, 0.2) is 5.82 Å². The first-order valence-corrected chi connectivity index (χ1v) is 11.9. The van der Waals surface area contributed by atoms with Crippen LogP contribution in [0.15, 0.2) is 28.7 Å². The first-order valence-electron chi connectivity index (χ1n) is 10.2. The third kappa shape index (κ3) is 4.10. The van der Waals surface area contributed by atoms with Gasteiger partial charge in [0.25, 0.3) is 0 Å². The van der Waals surface area contributed by atoms with Gasteiger partial charge in [0.2, 0.25) is 10.8 Å². The molecular weight excluding hydrogens is 468 g/mol. The monoisotopic (exact) mass is 492 g/mol. The van der Waals surface area contributed by atoms with Crippen molar-refractivity contribution >= 4 is 38.2 Å². The lowest BCUT2D eigenvalue weighted by Crippen LogP contribution is -2.39. The number of esters is 1. The number of halogens is 1. The zero-order valence-corrected chi connectivity index (χ0v) is 19.4. The van der Waals surface area contributed by atoms with Crippen LogP contribution >= 0.6 is 27.3 Å². The summed E-state index contributed by atoms with van der Waals surface area (Å²) in [6.07, 6.45) is 2.21. The van der Waals surface area contributed by atoms with Gasteiger partial charge in [-0.25, -0.2) is 4.98 Å². The minimum atomic E-state index is -0.125. The van der Waals surface area contributed by atoms with E-state index in [1.165, 1.54) is 15.9 Å². The van der Waals surface area contributed by atoms with Gasteiger partial charge in [-0.3, -0.25) is 9.69 Å². The number of carbonyl (C=O) groups excluding carboxylic acids is 1. The molecule has 30 heavy (non-hydrogen) atoms. The molecule has 1 fully saturated rings. The molecule has 0 radical (unpaired) electrons. The third-order valence-corrected chi connectivity index (χ3v) is 7.11. The third-order valence-electron chi connectivity index (χ3n) is 5.51. The average molecular weight is 493 g/mol. The Morgan fingerprint density at radius 1 is 1.30 bits per heavy atom. The highest BCUT2D eigenvalue weighted by Gasteiger charge is 2.34. The van der Waals surface area contributed by atoms with E-state index in [0.29, 0.717) is 11.6 Å². The average Bonchev–Trinajstić information content (AvgIpc) is 3.29. The van der Waals surface area contributed by atoms with Gasteiger partial charge < -0.3 is 9.84 Å². The Labute approximate surface area is 187 Å². The molecule has 0 amide bonds. The van der Waals surface area contributed by atoms with Crippen LogP contribution in [0.25, 0.3) is 4.96 Å². The molecule has 0 bridgehead atoms. The van der Waals surface area contributed by atoms with Gasteiger partial charge >= 0.3 is 5.97 Å². The van der Waals surface area contributed by atoms with Crippen LogP contribution in [0.2, 0.25) is 0 Å². The maximum absolute atomic E-state index is 12.1. The van der Waals surface area contributed by atoms with Crippen molar-refractivity contribution in [1.29, 1.82) is 0 Å². The maximum atomic E-state index is 12.1. The fraction of sp³-hybridized carbons (Fsp3) is 0.476. The number of piperidine rings is 1. The topological polar surface area (TPSA) is 80.0 Å². The minimum absolute atomic E-state index is 0.0604. The van der Waals surface area contributed by atoms with Crippen LogP contribution in [-0.2, 0) is 16.0 Å². The summed E-state index contributed by atoms with van der Waals surface area (Å²) in [5.74, 6) is 0.696. The van der Waals surface area contributed by atoms with Gasteiger partial charge in [0, 0.05) is 10.9 Å². The minimum Gasteiger partial charge on any atom is -0.492 e. The zero-order chi connectivity index (χ0) is 21.3. The summed E-state index contributed by atoms with van der Waals surface area (Å²) < 4.78 is 7.75. The largest absolute Gasteiger partial charge is 0.492 e. The molecule has 160 valence electrons. The summed E-state index contributed by atoms with van der Waals surface area (Å²) in [5.41, 5.74) is 1.09. The molecule has 0 unspecified atom stereocenters. The Hall–Kier alpha value is -1.97. The van der Waals surface area contributed by atoms with E-state index in [9.17, 15) is 9.90 Å². The van der Waals surface area contributed by atoms with Gasteiger partial charge in [-0.15, -0.1) is 5.10 Å². The van der Waals surface area contributed by atoms with Gasteiger partial charge in [0.05, 0.1) is 23.4 Å². The predicted octanol–water partition coefficient (Wildman–Crippen LogP) is 4.19. The van der Waals surface area contributed by atoms with E-state index in [4.69, 9.17) is 4.74 Å². The SMILES string of the molecule is CCOC(=O)C1CCN([C@@H](c2ccc(Br)cc2)c2sc3nc(CC)nn3c2O)CC1. The smallest absolute Gasteiger partial charge is 0.309 e. The summed E-state index contributed by atoms with van der Waals surface area (Å²) in [6, 6.07) is 8.03. The van der Waals surface area contributed by atoms with Crippen LogP contribution in [0.3, 0.4) is 0 Å². The number of rotatable bonds is 6. The lowest BCUT2D eigenvalue weighted by atomic mass is 9.94. The molecule has 9 heteroatoms. The second-order valence-electron chi connectivity index (χ2n) is 7.38. The number of carbonyl (C=O) groups is 1. The second-order valence-corrected chi connectivity index (χ2v) is 9.31. The normalized spacial score (nSPS) is 16.8. The Morgan fingerprint density at radius 3 is 2.60 bits per heavy atom. The number of likely N-dealkylation sites (tertiary alicyclic amines) is 1. The quantitative estimate of drug-likeness (QED) is 0.519. The summed E-state index contributed by atoms with van der Waals surface area (Å²) >= 11 is 4.97. The van der Waals surface area contributed by atoms with E-state index in [1.54, 1.807) is 0 Å². The number of hydrogen-bond acceptors (Lipinski definition) is 7. The first kappa shape index (κ1) is 21.3. The van der Waals surface area contributed by atoms with Crippen LogP contribution in [0.1, 0.15) is 49.0 Å². The molecule has 1 aromatic carbocycles. The molecule has 1 N–H and O–H groups in total. The van der Waals surface area contributed by atoms with Crippen molar-refractivity contribution in [3.8, 4) is 5.88 Å². The van der Waals surface area contributed by atoms with Crippen molar-refractivity contribution in [2.75, 3.05) is 19.7 Å². The van der Waals surface area contributed by atoms with Crippen LogP contribution in [0, 0.1) is 5.92 Å². The lowest BCUT2D eigenvalue weighted by Gasteiger charge is -2.36. The molecule has 1 aliphatic heterocycles. The Morgan fingerprint density at radius 2 is 2.00 bits per heavy atom. The Balaban J connectivity index is 1.66. The van der Waals surface area contributed by atoms with Gasteiger partial charge in [-0.2, -0.15) is 4.52 Å². The molecular formula is C21H25BrN4O3S. The molecule has 4 rings (SSSR count). The standard InChI is InChI=1S/C21H25BrN4O3S/c1-3-16-23-21-26(24-16)19(27)18(30-21)17(13-5-7-15(22)8-6-13)25-11-9-14(10-12-25)20(28)29-4-2/h5-8,14,17,27H,3-4,9-12H2,1-2H3/t17-/m0/s1. The van der Waals surface area contributed by atoms with Crippen LogP contribution < -0.4 is 0 Å². The van der Waals surface area contributed by atoms with E-state index in [-0.39, 0.29) is 23.8 Å². The highest BCUT2D eigenvalue weighted by Crippen LogP contribution is 2.41. The van der Waals surface area contributed by atoms with Crippen molar-refractivity contribution < 1.29 is 14.6 Å². The molecule has 0 saturated carbocycles. The highest BCUT2D eigenvalue weighted by atomic mass is 79.9. The van der Waals surface area contributed by atoms with Crippen molar-refractivity contribution in [2.45, 2.75) is 39.2 Å². The summed E-state index contributed by atoms with van der Waals surface area (Å²) in [5, 5.41) is 15.4. The summed E-state index contributed by atoms with van der Waals surface area (Å²) in [6.45, 7) is 5.74. The van der Waals surface area contributed by atoms with Crippen LogP contribution in [-0.4, -0.2) is 50.3 Å². The predicted molar refractivity (Wildman–Crippen MR) is 119 cm³/mol. The van der Waals surface area contributed by atoms with Crippen molar-refractivity contribution in [3.63, 3.8) is 0 Å². The number of aromatic hydroxyl groups is 1. The molecule has 3 aromatic rings. The van der Waals surface area contributed by atoms with Crippen LogP contribution in [0.5, 0.6) is 5.88 Å². The maximum Gasteiger partial charge on any atom is 0.309 e. The Bertz CT molecular complexity index is 1020. The molecule has 2 aromatic heterocycles. The van der Waals surface area contributed by atoms with Gasteiger partial charge in [-0.1, -0.05) is 46.3 Å². The molecule has 1 atom stereocenters. The molecule has 1 aliphatic rings. The highest BCUT2D eigenvalue weighted by molar-refractivity contribution is 9.10. The molecule has 0 aliphatic carbocycles. The number of thiazole rings is 1. The summed E-state index contributed by atoms with van der Waals surface area (Å²) in [4.78, 5) is 20.5. The zero-order valence-electron chi connectivity index (χ0n) is 17.0. The second kappa shape index (κ2) is 9.03. The fourth-order valence-electron chi connectivity index (χ4n) is 3.95. The van der Waals surface area contributed by atoms with Crippen LogP contribution in [0.4, 0.5) is 0 Å².